The van der Waals surface area contributed by atoms with Gasteiger partial charge in [-0.05, 0) is 49.6 Å². The van der Waals surface area contributed by atoms with Crippen LogP contribution in [-0.4, -0.2) is 32.3 Å². The highest BCUT2D eigenvalue weighted by Crippen LogP contribution is 2.19. The molecule has 0 aliphatic heterocycles. The normalized spacial score (nSPS) is 10.7. The third kappa shape index (κ3) is 6.18. The summed E-state index contributed by atoms with van der Waals surface area (Å²) in [5.41, 5.74) is 3.76. The third-order valence-electron chi connectivity index (χ3n) is 4.73. The van der Waals surface area contributed by atoms with E-state index in [0.717, 1.165) is 28.9 Å². The van der Waals surface area contributed by atoms with Crippen LogP contribution in [0.3, 0.4) is 0 Å². The summed E-state index contributed by atoms with van der Waals surface area (Å²) in [5.74, 6) is 0.534. The van der Waals surface area contributed by atoms with E-state index in [1.54, 1.807) is 0 Å². The number of nitrogens with one attached hydrogen (secondary N) is 2. The van der Waals surface area contributed by atoms with E-state index in [2.05, 4.69) is 27.8 Å². The van der Waals surface area contributed by atoms with Gasteiger partial charge in [-0.1, -0.05) is 49.0 Å². The zero-order valence-electron chi connectivity index (χ0n) is 18.0. The van der Waals surface area contributed by atoms with Gasteiger partial charge in [-0.2, -0.15) is 0 Å². The fourth-order valence-electron chi connectivity index (χ4n) is 3.21. The highest BCUT2D eigenvalue weighted by Gasteiger charge is 2.16. The van der Waals surface area contributed by atoms with Crippen molar-refractivity contribution in [3.8, 4) is 0 Å². The molecule has 0 saturated carbocycles. The number of aromatic nitrogens is 3. The molecule has 3 rings (SSSR count). The molecular formula is C23H27N5O2S. The summed E-state index contributed by atoms with van der Waals surface area (Å²) in [5, 5.41) is 14.8. The monoisotopic (exact) mass is 437 g/mol. The Labute approximate surface area is 186 Å². The number of nitrogens with zero attached hydrogens (tertiary/aromatic N) is 3. The van der Waals surface area contributed by atoms with Crippen LogP contribution in [0.15, 0.2) is 53.7 Å². The van der Waals surface area contributed by atoms with E-state index in [4.69, 9.17) is 0 Å². The number of anilines is 2. The van der Waals surface area contributed by atoms with Crippen molar-refractivity contribution in [1.29, 1.82) is 0 Å². The molecule has 0 radical (unpaired) electrons. The standard InChI is InChI=1S/C23H27N5O2S/c1-4-17-10-6-7-12-19(17)25-21(29)14-20-26-27-23(28(20)5-2)31-15-22(30)24-18-11-8-9-16(3)13-18/h6-13H,4-5,14-15H2,1-3H3,(H,24,30)(H,25,29). The Morgan fingerprint density at radius 1 is 1.00 bits per heavy atom. The molecule has 0 aliphatic rings. The van der Waals surface area contributed by atoms with Crippen molar-refractivity contribution in [1.82, 2.24) is 14.8 Å². The molecule has 162 valence electrons. The second kappa shape index (κ2) is 10.8. The van der Waals surface area contributed by atoms with Crippen molar-refractivity contribution in [2.75, 3.05) is 16.4 Å². The van der Waals surface area contributed by atoms with E-state index >= 15 is 0 Å². The molecule has 2 aromatic carbocycles. The smallest absolute Gasteiger partial charge is 0.234 e. The van der Waals surface area contributed by atoms with Gasteiger partial charge in [-0.15, -0.1) is 10.2 Å². The topological polar surface area (TPSA) is 88.9 Å². The number of hydrogen-bond donors (Lipinski definition) is 2. The molecule has 1 heterocycles. The van der Waals surface area contributed by atoms with Gasteiger partial charge in [-0.25, -0.2) is 0 Å². The fourth-order valence-corrected chi connectivity index (χ4v) is 4.03. The average molecular weight is 438 g/mol. The van der Waals surface area contributed by atoms with Crippen molar-refractivity contribution < 1.29 is 9.59 Å². The van der Waals surface area contributed by atoms with Crippen LogP contribution in [0.4, 0.5) is 11.4 Å². The number of benzene rings is 2. The van der Waals surface area contributed by atoms with Crippen molar-refractivity contribution in [3.63, 3.8) is 0 Å². The zero-order valence-corrected chi connectivity index (χ0v) is 18.8. The summed E-state index contributed by atoms with van der Waals surface area (Å²) in [6.45, 7) is 6.61. The van der Waals surface area contributed by atoms with Crippen LogP contribution in [0, 0.1) is 6.92 Å². The van der Waals surface area contributed by atoms with Gasteiger partial charge in [0.05, 0.1) is 12.2 Å². The van der Waals surface area contributed by atoms with Crippen LogP contribution < -0.4 is 10.6 Å². The number of para-hydroxylation sites is 1. The van der Waals surface area contributed by atoms with Crippen LogP contribution in [0.5, 0.6) is 0 Å². The van der Waals surface area contributed by atoms with E-state index in [1.165, 1.54) is 11.8 Å². The lowest BCUT2D eigenvalue weighted by atomic mass is 10.1. The minimum absolute atomic E-state index is 0.114. The lowest BCUT2D eigenvalue weighted by Gasteiger charge is -2.10. The number of amides is 2. The van der Waals surface area contributed by atoms with E-state index in [-0.39, 0.29) is 24.0 Å². The van der Waals surface area contributed by atoms with Gasteiger partial charge < -0.3 is 15.2 Å². The number of hydrogen-bond acceptors (Lipinski definition) is 5. The lowest BCUT2D eigenvalue weighted by molar-refractivity contribution is -0.116. The number of aryl methyl sites for hydroxylation is 2. The molecule has 0 bridgehead atoms. The van der Waals surface area contributed by atoms with Crippen molar-refractivity contribution in [2.24, 2.45) is 0 Å². The molecule has 2 N–H and O–H groups in total. The summed E-state index contributed by atoms with van der Waals surface area (Å²) < 4.78 is 1.87. The van der Waals surface area contributed by atoms with Crippen LogP contribution >= 0.6 is 11.8 Å². The zero-order chi connectivity index (χ0) is 22.2. The van der Waals surface area contributed by atoms with E-state index in [1.807, 2.05) is 66.9 Å². The maximum absolute atomic E-state index is 12.6. The van der Waals surface area contributed by atoms with Crippen molar-refractivity contribution >= 4 is 35.0 Å². The van der Waals surface area contributed by atoms with Crippen LogP contribution in [0.2, 0.25) is 0 Å². The second-order valence-electron chi connectivity index (χ2n) is 7.09. The molecule has 0 fully saturated rings. The predicted molar refractivity (Wildman–Crippen MR) is 124 cm³/mol. The first kappa shape index (κ1) is 22.6. The molecule has 2 amide bonds. The minimum atomic E-state index is -0.142. The van der Waals surface area contributed by atoms with Gasteiger partial charge in [0.25, 0.3) is 0 Å². The van der Waals surface area contributed by atoms with Gasteiger partial charge in [0, 0.05) is 17.9 Å². The van der Waals surface area contributed by atoms with Gasteiger partial charge in [0.2, 0.25) is 11.8 Å². The molecule has 31 heavy (non-hydrogen) atoms. The number of carbonyl (C=O) groups excluding carboxylic acids is 2. The first-order valence-electron chi connectivity index (χ1n) is 10.3. The molecule has 0 spiro atoms. The quantitative estimate of drug-likeness (QED) is 0.493. The van der Waals surface area contributed by atoms with Gasteiger partial charge in [0.1, 0.15) is 5.82 Å². The minimum Gasteiger partial charge on any atom is -0.325 e. The first-order chi connectivity index (χ1) is 15.0. The molecule has 0 atom stereocenters. The number of carbonyl (C=O) groups is 2. The molecule has 0 unspecified atom stereocenters. The lowest BCUT2D eigenvalue weighted by Crippen LogP contribution is -2.18. The Bertz CT molecular complexity index is 1060. The molecule has 0 saturated heterocycles. The Kier molecular flexibility index (Phi) is 7.83. The summed E-state index contributed by atoms with van der Waals surface area (Å²) >= 11 is 1.31. The predicted octanol–water partition coefficient (Wildman–Crippen LogP) is 4.08. The van der Waals surface area contributed by atoms with Gasteiger partial charge in [-0.3, -0.25) is 9.59 Å². The maximum atomic E-state index is 12.6. The largest absolute Gasteiger partial charge is 0.325 e. The fraction of sp³-hybridized carbons (Fsp3) is 0.304. The summed E-state index contributed by atoms with van der Waals surface area (Å²) in [6.07, 6.45) is 0.960. The number of thioether (sulfide) groups is 1. The van der Waals surface area contributed by atoms with Gasteiger partial charge >= 0.3 is 0 Å². The SMILES string of the molecule is CCc1ccccc1NC(=O)Cc1nnc(SCC(=O)Nc2cccc(C)c2)n1CC. The highest BCUT2D eigenvalue weighted by molar-refractivity contribution is 7.99. The second-order valence-corrected chi connectivity index (χ2v) is 8.03. The van der Waals surface area contributed by atoms with Crippen LogP contribution in [0.1, 0.15) is 30.8 Å². The Morgan fingerprint density at radius 3 is 2.55 bits per heavy atom. The van der Waals surface area contributed by atoms with Crippen LogP contribution in [-0.2, 0) is 29.0 Å². The van der Waals surface area contributed by atoms with E-state index < -0.39 is 0 Å². The van der Waals surface area contributed by atoms with Gasteiger partial charge in [0.15, 0.2) is 5.16 Å². The van der Waals surface area contributed by atoms with Crippen molar-refractivity contribution in [2.45, 2.75) is 45.3 Å². The highest BCUT2D eigenvalue weighted by atomic mass is 32.2. The molecule has 3 aromatic rings. The molecule has 8 heteroatoms. The Hall–Kier alpha value is -3.13. The molecule has 7 nitrogen and oxygen atoms in total. The molecular weight excluding hydrogens is 410 g/mol. The Balaban J connectivity index is 1.59. The third-order valence-corrected chi connectivity index (χ3v) is 5.70. The summed E-state index contributed by atoms with van der Waals surface area (Å²) in [7, 11) is 0. The van der Waals surface area contributed by atoms with E-state index in [9.17, 15) is 9.59 Å². The summed E-state index contributed by atoms with van der Waals surface area (Å²) in [4.78, 5) is 24.9. The Morgan fingerprint density at radius 2 is 1.81 bits per heavy atom. The average Bonchev–Trinajstić information content (AvgIpc) is 3.13. The molecule has 0 aliphatic carbocycles. The molecule has 1 aromatic heterocycles. The van der Waals surface area contributed by atoms with Crippen LogP contribution in [0.25, 0.3) is 0 Å². The maximum Gasteiger partial charge on any atom is 0.234 e. The summed E-state index contributed by atoms with van der Waals surface area (Å²) in [6, 6.07) is 15.4. The number of rotatable bonds is 9. The van der Waals surface area contributed by atoms with E-state index in [0.29, 0.717) is 17.5 Å². The first-order valence-corrected chi connectivity index (χ1v) is 11.3. The van der Waals surface area contributed by atoms with Crippen molar-refractivity contribution in [3.05, 3.63) is 65.5 Å².